The van der Waals surface area contributed by atoms with Crippen LogP contribution in [0.5, 0.6) is 0 Å². The quantitative estimate of drug-likeness (QED) is 0.810. The molecule has 0 spiro atoms. The predicted molar refractivity (Wildman–Crippen MR) is 73.4 cm³/mol. The number of carbonyl (C=O) groups excluding carboxylic acids is 2. The maximum absolute atomic E-state index is 12.3. The number of nitrogens with zero attached hydrogens (tertiary/aromatic N) is 2. The first kappa shape index (κ1) is 14.3. The molecular formula is C14H25N3O2. The summed E-state index contributed by atoms with van der Waals surface area (Å²) in [5.74, 6) is 0.505. The van der Waals surface area contributed by atoms with Crippen LogP contribution in [0.15, 0.2) is 0 Å². The third-order valence-electron chi connectivity index (χ3n) is 4.32. The molecule has 2 rings (SSSR count). The van der Waals surface area contributed by atoms with E-state index < -0.39 is 0 Å². The summed E-state index contributed by atoms with van der Waals surface area (Å²) in [5, 5.41) is 0. The Labute approximate surface area is 115 Å². The van der Waals surface area contributed by atoms with Crippen molar-refractivity contribution in [3.8, 4) is 0 Å². The van der Waals surface area contributed by atoms with E-state index in [-0.39, 0.29) is 23.8 Å². The molecular weight excluding hydrogens is 242 g/mol. The van der Waals surface area contributed by atoms with E-state index in [1.54, 1.807) is 4.90 Å². The number of likely N-dealkylation sites (N-methyl/N-ethyl adjacent to an activating group) is 1. The van der Waals surface area contributed by atoms with E-state index in [1.165, 1.54) is 0 Å². The second-order valence-electron chi connectivity index (χ2n) is 5.87. The molecule has 2 fully saturated rings. The van der Waals surface area contributed by atoms with Gasteiger partial charge in [0.15, 0.2) is 0 Å². The van der Waals surface area contributed by atoms with Crippen LogP contribution in [0.1, 0.15) is 38.5 Å². The van der Waals surface area contributed by atoms with E-state index in [4.69, 9.17) is 5.73 Å². The van der Waals surface area contributed by atoms with Gasteiger partial charge >= 0.3 is 0 Å². The van der Waals surface area contributed by atoms with Crippen molar-refractivity contribution in [1.82, 2.24) is 9.80 Å². The van der Waals surface area contributed by atoms with Gasteiger partial charge in [-0.3, -0.25) is 9.59 Å². The highest BCUT2D eigenvalue weighted by atomic mass is 16.2. The zero-order valence-corrected chi connectivity index (χ0v) is 11.8. The van der Waals surface area contributed by atoms with Crippen LogP contribution in [-0.4, -0.2) is 54.3 Å². The third kappa shape index (κ3) is 3.69. The number of amides is 2. The molecule has 2 atom stereocenters. The Morgan fingerprint density at radius 3 is 2.84 bits per heavy atom. The van der Waals surface area contributed by atoms with E-state index >= 15 is 0 Å². The van der Waals surface area contributed by atoms with E-state index in [0.717, 1.165) is 38.6 Å². The molecule has 1 saturated heterocycles. The van der Waals surface area contributed by atoms with Crippen LogP contribution in [0.2, 0.25) is 0 Å². The molecule has 1 aliphatic carbocycles. The number of hydrogen-bond acceptors (Lipinski definition) is 3. The van der Waals surface area contributed by atoms with E-state index in [9.17, 15) is 9.59 Å². The van der Waals surface area contributed by atoms with Crippen LogP contribution in [0.3, 0.4) is 0 Å². The summed E-state index contributed by atoms with van der Waals surface area (Å²) in [5.41, 5.74) is 5.93. The number of nitrogens with two attached hydrogens (primary N) is 1. The lowest BCUT2D eigenvalue weighted by molar-refractivity contribution is -0.136. The average molecular weight is 267 g/mol. The van der Waals surface area contributed by atoms with E-state index in [0.29, 0.717) is 19.5 Å². The smallest absolute Gasteiger partial charge is 0.225 e. The van der Waals surface area contributed by atoms with Crippen LogP contribution < -0.4 is 5.73 Å². The van der Waals surface area contributed by atoms with Crippen LogP contribution in [0, 0.1) is 5.92 Å². The molecule has 19 heavy (non-hydrogen) atoms. The summed E-state index contributed by atoms with van der Waals surface area (Å²) in [6.07, 6.45) is 5.47. The fourth-order valence-corrected chi connectivity index (χ4v) is 3.08. The maximum Gasteiger partial charge on any atom is 0.225 e. The average Bonchev–Trinajstić information content (AvgIpc) is 2.80. The Kier molecular flexibility index (Phi) is 4.80. The molecule has 0 unspecified atom stereocenters. The molecule has 0 radical (unpaired) electrons. The SMILES string of the molecule is CN(CCN1CCCC1=O)C(=O)[C@@H]1CCC[C@H](N)C1. The van der Waals surface area contributed by atoms with Crippen LogP contribution in [0.4, 0.5) is 0 Å². The molecule has 5 heteroatoms. The van der Waals surface area contributed by atoms with Crippen molar-refractivity contribution < 1.29 is 9.59 Å². The molecule has 2 N–H and O–H groups in total. The zero-order valence-electron chi connectivity index (χ0n) is 11.8. The van der Waals surface area contributed by atoms with Gasteiger partial charge in [0.2, 0.25) is 11.8 Å². The minimum atomic E-state index is 0.0861. The largest absolute Gasteiger partial charge is 0.344 e. The number of rotatable bonds is 4. The lowest BCUT2D eigenvalue weighted by Crippen LogP contribution is -2.42. The van der Waals surface area contributed by atoms with Gasteiger partial charge in [-0.15, -0.1) is 0 Å². The van der Waals surface area contributed by atoms with Crippen molar-refractivity contribution in [2.24, 2.45) is 11.7 Å². The lowest BCUT2D eigenvalue weighted by Gasteiger charge is -2.30. The van der Waals surface area contributed by atoms with Gasteiger partial charge in [0, 0.05) is 45.1 Å². The number of likely N-dealkylation sites (tertiary alicyclic amines) is 1. The van der Waals surface area contributed by atoms with Crippen molar-refractivity contribution >= 4 is 11.8 Å². The topological polar surface area (TPSA) is 66.6 Å². The van der Waals surface area contributed by atoms with Crippen molar-refractivity contribution in [1.29, 1.82) is 0 Å². The van der Waals surface area contributed by atoms with Gasteiger partial charge in [-0.2, -0.15) is 0 Å². The van der Waals surface area contributed by atoms with E-state index in [2.05, 4.69) is 0 Å². The van der Waals surface area contributed by atoms with Gasteiger partial charge in [0.25, 0.3) is 0 Å². The number of hydrogen-bond donors (Lipinski definition) is 1. The number of carbonyl (C=O) groups is 2. The highest BCUT2D eigenvalue weighted by Crippen LogP contribution is 2.24. The summed E-state index contributed by atoms with van der Waals surface area (Å²) >= 11 is 0. The van der Waals surface area contributed by atoms with Gasteiger partial charge in [0.05, 0.1) is 0 Å². The standard InChI is InChI=1S/C14H25N3O2/c1-16(8-9-17-7-3-6-13(17)18)14(19)11-4-2-5-12(15)10-11/h11-12H,2-10,15H2,1H3/t11-,12+/m1/s1. The normalized spacial score (nSPS) is 27.7. The highest BCUT2D eigenvalue weighted by molar-refractivity contribution is 5.79. The Morgan fingerprint density at radius 2 is 2.21 bits per heavy atom. The summed E-state index contributed by atoms with van der Waals surface area (Å²) < 4.78 is 0. The minimum Gasteiger partial charge on any atom is -0.344 e. The molecule has 5 nitrogen and oxygen atoms in total. The second-order valence-corrected chi connectivity index (χ2v) is 5.87. The van der Waals surface area contributed by atoms with Gasteiger partial charge in [-0.25, -0.2) is 0 Å². The molecule has 0 aromatic carbocycles. The fourth-order valence-electron chi connectivity index (χ4n) is 3.08. The molecule has 2 aliphatic rings. The molecule has 2 amide bonds. The van der Waals surface area contributed by atoms with E-state index in [1.807, 2.05) is 11.9 Å². The highest BCUT2D eigenvalue weighted by Gasteiger charge is 2.28. The summed E-state index contributed by atoms with van der Waals surface area (Å²) in [6, 6.07) is 0.177. The second kappa shape index (κ2) is 6.37. The molecule has 1 aliphatic heterocycles. The monoisotopic (exact) mass is 267 g/mol. The predicted octanol–water partition coefficient (Wildman–Crippen LogP) is 0.585. The first-order chi connectivity index (χ1) is 9.08. The molecule has 1 saturated carbocycles. The summed E-state index contributed by atoms with van der Waals surface area (Å²) in [7, 11) is 1.84. The molecule has 0 aromatic rings. The van der Waals surface area contributed by atoms with Crippen LogP contribution >= 0.6 is 0 Å². The summed E-state index contributed by atoms with van der Waals surface area (Å²) in [6.45, 7) is 2.14. The lowest BCUT2D eigenvalue weighted by atomic mass is 9.85. The third-order valence-corrected chi connectivity index (χ3v) is 4.32. The fraction of sp³-hybridized carbons (Fsp3) is 0.857. The Balaban J connectivity index is 1.77. The Bertz CT molecular complexity index is 346. The summed E-state index contributed by atoms with van der Waals surface area (Å²) in [4.78, 5) is 27.4. The van der Waals surface area contributed by atoms with Gasteiger partial charge in [0.1, 0.15) is 0 Å². The van der Waals surface area contributed by atoms with Crippen molar-refractivity contribution in [2.45, 2.75) is 44.6 Å². The molecule has 108 valence electrons. The van der Waals surface area contributed by atoms with Crippen LogP contribution in [-0.2, 0) is 9.59 Å². The Hall–Kier alpha value is -1.10. The first-order valence-corrected chi connectivity index (χ1v) is 7.36. The molecule has 1 heterocycles. The molecule has 0 bridgehead atoms. The van der Waals surface area contributed by atoms with Crippen molar-refractivity contribution in [2.75, 3.05) is 26.7 Å². The zero-order chi connectivity index (χ0) is 13.8. The van der Waals surface area contributed by atoms with Gasteiger partial charge < -0.3 is 15.5 Å². The maximum atomic E-state index is 12.3. The van der Waals surface area contributed by atoms with Gasteiger partial charge in [-0.1, -0.05) is 6.42 Å². The van der Waals surface area contributed by atoms with Gasteiger partial charge in [-0.05, 0) is 25.7 Å². The Morgan fingerprint density at radius 1 is 1.42 bits per heavy atom. The minimum absolute atomic E-state index is 0.0861. The first-order valence-electron chi connectivity index (χ1n) is 7.36. The van der Waals surface area contributed by atoms with Crippen LogP contribution in [0.25, 0.3) is 0 Å². The molecule has 0 aromatic heterocycles. The van der Waals surface area contributed by atoms with Crippen molar-refractivity contribution in [3.05, 3.63) is 0 Å². The van der Waals surface area contributed by atoms with Crippen molar-refractivity contribution in [3.63, 3.8) is 0 Å².